The molecule has 0 unspecified atom stereocenters. The van der Waals surface area contributed by atoms with Crippen LogP contribution in [0.4, 0.5) is 4.39 Å². The first kappa shape index (κ1) is 14.3. The Labute approximate surface area is 134 Å². The van der Waals surface area contributed by atoms with Gasteiger partial charge in [-0.15, -0.1) is 0 Å². The molecule has 0 fully saturated rings. The molecular formula is C17H13FO4S. The summed E-state index contributed by atoms with van der Waals surface area (Å²) in [4.78, 5) is 0.561. The monoisotopic (exact) mass is 332 g/mol. The number of rotatable bonds is 3. The Kier molecular flexibility index (Phi) is 3.34. The van der Waals surface area contributed by atoms with Gasteiger partial charge < -0.3 is 13.9 Å². The lowest BCUT2D eigenvalue weighted by atomic mass is 10.1. The van der Waals surface area contributed by atoms with Crippen molar-refractivity contribution in [2.45, 2.75) is 11.8 Å². The molecule has 4 nitrogen and oxygen atoms in total. The molecule has 23 heavy (non-hydrogen) atoms. The van der Waals surface area contributed by atoms with Crippen molar-refractivity contribution >= 4 is 21.8 Å². The first-order valence-electron chi connectivity index (χ1n) is 7.18. The Bertz CT molecular complexity index is 932. The highest BCUT2D eigenvalue weighted by Crippen LogP contribution is 2.43. The molecule has 1 aliphatic rings. The minimum Gasteiger partial charge on any atom is -0.455 e. The summed E-state index contributed by atoms with van der Waals surface area (Å²) < 4.78 is 42.7. The van der Waals surface area contributed by atoms with Crippen molar-refractivity contribution in [2.24, 2.45) is 0 Å². The molecule has 1 aliphatic heterocycles. The summed E-state index contributed by atoms with van der Waals surface area (Å²) in [6.45, 7) is 1.99. The van der Waals surface area contributed by atoms with Gasteiger partial charge in [-0.05, 0) is 18.2 Å². The van der Waals surface area contributed by atoms with Crippen molar-refractivity contribution in [2.75, 3.05) is 12.5 Å². The standard InChI is InChI=1S/C17H13FO4S/c1-2-23(19)17-12-7-14-15(21-9-20-14)8-13(12)22-16(17)10-4-3-5-11(18)6-10/h3-8H,2,9H2,1H3/t23-/m0/s1. The van der Waals surface area contributed by atoms with Gasteiger partial charge in [0.05, 0.1) is 15.7 Å². The third-order valence-electron chi connectivity index (χ3n) is 3.71. The predicted molar refractivity (Wildman–Crippen MR) is 84.7 cm³/mol. The highest BCUT2D eigenvalue weighted by Gasteiger charge is 2.24. The Balaban J connectivity index is 2.01. The second-order valence-corrected chi connectivity index (χ2v) is 6.78. The number of halogens is 1. The molecular weight excluding hydrogens is 319 g/mol. The second kappa shape index (κ2) is 5.38. The summed E-state index contributed by atoms with van der Waals surface area (Å²) >= 11 is 0. The van der Waals surface area contributed by atoms with Crippen LogP contribution in [0.15, 0.2) is 45.7 Å². The van der Waals surface area contributed by atoms with Crippen LogP contribution in [0.3, 0.4) is 0 Å². The summed E-state index contributed by atoms with van der Waals surface area (Å²) in [7, 11) is -1.26. The first-order valence-corrected chi connectivity index (χ1v) is 8.49. The maximum atomic E-state index is 13.6. The number of hydrogen-bond acceptors (Lipinski definition) is 4. The Morgan fingerprint density at radius 3 is 2.70 bits per heavy atom. The maximum Gasteiger partial charge on any atom is 0.231 e. The third-order valence-corrected chi connectivity index (χ3v) is 5.10. The van der Waals surface area contributed by atoms with E-state index in [0.29, 0.717) is 44.4 Å². The summed E-state index contributed by atoms with van der Waals surface area (Å²) in [5, 5.41) is 0.702. The zero-order chi connectivity index (χ0) is 16.0. The Hall–Kier alpha value is -2.34. The molecule has 1 aromatic heterocycles. The van der Waals surface area contributed by atoms with Crippen LogP contribution in [0.2, 0.25) is 0 Å². The minimum atomic E-state index is -1.26. The lowest BCUT2D eigenvalue weighted by Crippen LogP contribution is -1.95. The van der Waals surface area contributed by atoms with Gasteiger partial charge in [0.1, 0.15) is 11.4 Å². The van der Waals surface area contributed by atoms with E-state index in [1.165, 1.54) is 12.1 Å². The van der Waals surface area contributed by atoms with Crippen molar-refractivity contribution in [3.05, 3.63) is 42.2 Å². The van der Waals surface area contributed by atoms with E-state index in [4.69, 9.17) is 13.9 Å². The van der Waals surface area contributed by atoms with Gasteiger partial charge in [-0.1, -0.05) is 19.1 Å². The van der Waals surface area contributed by atoms with Gasteiger partial charge in [0.15, 0.2) is 17.3 Å². The highest BCUT2D eigenvalue weighted by molar-refractivity contribution is 7.85. The number of ether oxygens (including phenoxy) is 2. The molecule has 0 radical (unpaired) electrons. The van der Waals surface area contributed by atoms with Gasteiger partial charge in [0.25, 0.3) is 0 Å². The lowest BCUT2D eigenvalue weighted by Gasteiger charge is -2.02. The van der Waals surface area contributed by atoms with Gasteiger partial charge in [0.2, 0.25) is 6.79 Å². The van der Waals surface area contributed by atoms with Crippen LogP contribution in [-0.2, 0) is 10.8 Å². The molecule has 0 aliphatic carbocycles. The Morgan fingerprint density at radius 1 is 1.17 bits per heavy atom. The van der Waals surface area contributed by atoms with Crippen molar-refractivity contribution in [1.29, 1.82) is 0 Å². The van der Waals surface area contributed by atoms with Gasteiger partial charge in [-0.2, -0.15) is 0 Å². The zero-order valence-corrected chi connectivity index (χ0v) is 13.1. The molecule has 0 bridgehead atoms. The molecule has 3 aromatic rings. The number of benzene rings is 2. The van der Waals surface area contributed by atoms with Crippen molar-refractivity contribution in [3.8, 4) is 22.8 Å². The van der Waals surface area contributed by atoms with E-state index in [1.807, 2.05) is 6.92 Å². The fraction of sp³-hybridized carbons (Fsp3) is 0.176. The zero-order valence-electron chi connectivity index (χ0n) is 12.3. The average molecular weight is 332 g/mol. The fourth-order valence-corrected chi connectivity index (χ4v) is 3.71. The number of furan rings is 1. The SMILES string of the molecule is CC[S@](=O)c1c(-c2cccc(F)c2)oc2cc3c(cc12)OCO3. The van der Waals surface area contributed by atoms with Gasteiger partial charge in [-0.25, -0.2) is 4.39 Å². The van der Waals surface area contributed by atoms with Crippen LogP contribution in [-0.4, -0.2) is 16.8 Å². The fourth-order valence-electron chi connectivity index (χ4n) is 2.65. The van der Waals surface area contributed by atoms with Crippen LogP contribution in [0.25, 0.3) is 22.3 Å². The third kappa shape index (κ3) is 2.30. The van der Waals surface area contributed by atoms with E-state index in [0.717, 1.165) is 0 Å². The van der Waals surface area contributed by atoms with Gasteiger partial charge >= 0.3 is 0 Å². The van der Waals surface area contributed by atoms with Crippen molar-refractivity contribution in [3.63, 3.8) is 0 Å². The molecule has 0 N–H and O–H groups in total. The maximum absolute atomic E-state index is 13.6. The first-order chi connectivity index (χ1) is 11.2. The molecule has 0 saturated carbocycles. The molecule has 2 aromatic carbocycles. The number of hydrogen-bond donors (Lipinski definition) is 0. The molecule has 2 heterocycles. The second-order valence-electron chi connectivity index (χ2n) is 5.11. The van der Waals surface area contributed by atoms with E-state index in [1.54, 1.807) is 24.3 Å². The average Bonchev–Trinajstić information content (AvgIpc) is 3.15. The van der Waals surface area contributed by atoms with Crippen molar-refractivity contribution in [1.82, 2.24) is 0 Å². The van der Waals surface area contributed by atoms with E-state index in [-0.39, 0.29) is 12.6 Å². The van der Waals surface area contributed by atoms with Crippen LogP contribution in [0.5, 0.6) is 11.5 Å². The van der Waals surface area contributed by atoms with Crippen LogP contribution >= 0.6 is 0 Å². The lowest BCUT2D eigenvalue weighted by molar-refractivity contribution is 0.174. The van der Waals surface area contributed by atoms with E-state index in [2.05, 4.69) is 0 Å². The smallest absolute Gasteiger partial charge is 0.231 e. The summed E-state index contributed by atoms with van der Waals surface area (Å²) in [6.07, 6.45) is 0. The molecule has 0 spiro atoms. The molecule has 1 atom stereocenters. The molecule has 6 heteroatoms. The number of fused-ring (bicyclic) bond motifs is 2. The largest absolute Gasteiger partial charge is 0.455 e. The van der Waals surface area contributed by atoms with Crippen LogP contribution in [0.1, 0.15) is 6.92 Å². The van der Waals surface area contributed by atoms with E-state index < -0.39 is 10.8 Å². The quantitative estimate of drug-likeness (QED) is 0.725. The molecule has 118 valence electrons. The van der Waals surface area contributed by atoms with E-state index >= 15 is 0 Å². The molecule has 4 rings (SSSR count). The van der Waals surface area contributed by atoms with E-state index in [9.17, 15) is 8.60 Å². The van der Waals surface area contributed by atoms with Crippen LogP contribution in [0, 0.1) is 5.82 Å². The van der Waals surface area contributed by atoms with Gasteiger partial charge in [-0.3, -0.25) is 4.21 Å². The topological polar surface area (TPSA) is 48.7 Å². The highest BCUT2D eigenvalue weighted by atomic mass is 32.2. The summed E-state index contributed by atoms with van der Waals surface area (Å²) in [5.41, 5.74) is 1.10. The Morgan fingerprint density at radius 2 is 1.96 bits per heavy atom. The summed E-state index contributed by atoms with van der Waals surface area (Å²) in [6, 6.07) is 9.55. The molecule has 0 saturated heterocycles. The predicted octanol–water partition coefficient (Wildman–Crippen LogP) is 4.10. The van der Waals surface area contributed by atoms with Crippen molar-refractivity contribution < 1.29 is 22.5 Å². The molecule has 0 amide bonds. The van der Waals surface area contributed by atoms with Crippen LogP contribution < -0.4 is 9.47 Å². The normalized spacial score (nSPS) is 14.3. The minimum absolute atomic E-state index is 0.158. The summed E-state index contributed by atoms with van der Waals surface area (Å²) in [5.74, 6) is 1.67. The van der Waals surface area contributed by atoms with Gasteiger partial charge in [0, 0.05) is 22.8 Å².